The summed E-state index contributed by atoms with van der Waals surface area (Å²) in [5.41, 5.74) is 1.45. The van der Waals surface area contributed by atoms with Gasteiger partial charge in [0.05, 0.1) is 12.3 Å². The van der Waals surface area contributed by atoms with Gasteiger partial charge in [0.1, 0.15) is 5.01 Å². The van der Waals surface area contributed by atoms with Crippen molar-refractivity contribution in [2.45, 2.75) is 45.1 Å². The van der Waals surface area contributed by atoms with Crippen molar-refractivity contribution < 1.29 is 5.11 Å². The molecule has 0 fully saturated rings. The van der Waals surface area contributed by atoms with Crippen molar-refractivity contribution in [2.75, 3.05) is 0 Å². The van der Waals surface area contributed by atoms with Gasteiger partial charge in [-0.3, -0.25) is 0 Å². The third-order valence-electron chi connectivity index (χ3n) is 2.72. The lowest BCUT2D eigenvalue weighted by Gasteiger charge is -2.28. The quantitative estimate of drug-likeness (QED) is 0.749. The van der Waals surface area contributed by atoms with Crippen molar-refractivity contribution in [3.8, 4) is 0 Å². The van der Waals surface area contributed by atoms with Crippen LogP contribution in [0.15, 0.2) is 0 Å². The Balaban J connectivity index is 2.44. The van der Waals surface area contributed by atoms with E-state index in [1.54, 1.807) is 11.3 Å². The van der Waals surface area contributed by atoms with Crippen LogP contribution in [0.5, 0.6) is 0 Å². The minimum absolute atomic E-state index is 0.0910. The molecule has 2 rings (SSSR count). The fraction of sp³-hybridized carbons (Fsp3) is 0.700. The summed E-state index contributed by atoms with van der Waals surface area (Å²) in [4.78, 5) is 5.88. The van der Waals surface area contributed by atoms with Crippen LogP contribution in [0.25, 0.3) is 0 Å². The second-order valence-corrected chi connectivity index (χ2v) is 5.44. The highest BCUT2D eigenvalue weighted by atomic mass is 32.1. The van der Waals surface area contributed by atoms with Crippen LogP contribution in [0.3, 0.4) is 0 Å². The highest BCUT2D eigenvalue weighted by Crippen LogP contribution is 2.38. The Morgan fingerprint density at radius 3 is 2.92 bits per heavy atom. The average molecular weight is 197 g/mol. The summed E-state index contributed by atoms with van der Waals surface area (Å²) in [6, 6.07) is 0. The van der Waals surface area contributed by atoms with Gasteiger partial charge in [0.2, 0.25) is 0 Å². The van der Waals surface area contributed by atoms with Gasteiger partial charge in [0.25, 0.3) is 0 Å². The maximum absolute atomic E-state index is 9.00. The van der Waals surface area contributed by atoms with E-state index in [-0.39, 0.29) is 12.0 Å². The average Bonchev–Trinajstić information content (AvgIpc) is 2.48. The Morgan fingerprint density at radius 2 is 2.31 bits per heavy atom. The van der Waals surface area contributed by atoms with Crippen LogP contribution in [0.4, 0.5) is 0 Å². The third kappa shape index (κ3) is 1.51. The number of rotatable bonds is 1. The number of aliphatic hydroxyl groups is 1. The Morgan fingerprint density at radius 1 is 1.54 bits per heavy atom. The highest BCUT2D eigenvalue weighted by Gasteiger charge is 2.30. The first-order chi connectivity index (χ1) is 6.13. The zero-order valence-electron chi connectivity index (χ0n) is 8.13. The summed E-state index contributed by atoms with van der Waals surface area (Å²) >= 11 is 1.68. The molecule has 1 N–H and O–H groups in total. The van der Waals surface area contributed by atoms with Gasteiger partial charge in [-0.15, -0.1) is 11.3 Å². The van der Waals surface area contributed by atoms with E-state index < -0.39 is 0 Å². The normalized spacial score (nSPS) is 19.9. The fourth-order valence-corrected chi connectivity index (χ4v) is 3.13. The molecule has 1 aromatic rings. The summed E-state index contributed by atoms with van der Waals surface area (Å²) in [6.07, 6.45) is 3.62. The molecule has 1 aromatic heterocycles. The van der Waals surface area contributed by atoms with E-state index in [0.717, 1.165) is 11.4 Å². The first-order valence-electron chi connectivity index (χ1n) is 4.73. The van der Waals surface area contributed by atoms with Gasteiger partial charge in [-0.2, -0.15) is 0 Å². The molecule has 0 saturated heterocycles. The van der Waals surface area contributed by atoms with Crippen LogP contribution in [0.1, 0.15) is 42.3 Å². The minimum atomic E-state index is 0.0910. The largest absolute Gasteiger partial charge is 0.389 e. The van der Waals surface area contributed by atoms with Crippen molar-refractivity contribution in [2.24, 2.45) is 0 Å². The molecule has 0 atom stereocenters. The molecule has 0 spiro atoms. The Kier molecular flexibility index (Phi) is 2.16. The number of hydrogen-bond acceptors (Lipinski definition) is 3. The van der Waals surface area contributed by atoms with Crippen LogP contribution < -0.4 is 0 Å². The minimum Gasteiger partial charge on any atom is -0.389 e. The number of hydrogen-bond donors (Lipinski definition) is 1. The maximum Gasteiger partial charge on any atom is 0.119 e. The zero-order valence-corrected chi connectivity index (χ0v) is 8.95. The molecule has 0 radical (unpaired) electrons. The van der Waals surface area contributed by atoms with E-state index >= 15 is 0 Å². The van der Waals surface area contributed by atoms with E-state index in [2.05, 4.69) is 18.8 Å². The van der Waals surface area contributed by atoms with E-state index in [1.165, 1.54) is 23.4 Å². The number of thiazole rings is 1. The number of aliphatic hydroxyl groups excluding tert-OH is 1. The van der Waals surface area contributed by atoms with Gasteiger partial charge in [-0.25, -0.2) is 4.98 Å². The summed E-state index contributed by atoms with van der Waals surface area (Å²) in [6.45, 7) is 4.57. The molecule has 0 aromatic carbocycles. The summed E-state index contributed by atoms with van der Waals surface area (Å²) in [5, 5.41) is 9.88. The summed E-state index contributed by atoms with van der Waals surface area (Å²) < 4.78 is 0. The number of aromatic nitrogens is 1. The van der Waals surface area contributed by atoms with Gasteiger partial charge in [-0.05, 0) is 19.3 Å². The van der Waals surface area contributed by atoms with Crippen LogP contribution in [0, 0.1) is 0 Å². The monoisotopic (exact) mass is 197 g/mol. The summed E-state index contributed by atoms with van der Waals surface area (Å²) in [5.74, 6) is 0. The molecule has 72 valence electrons. The lowest BCUT2D eigenvalue weighted by molar-refractivity contribution is 0.280. The molecule has 2 nitrogen and oxygen atoms in total. The van der Waals surface area contributed by atoms with E-state index in [4.69, 9.17) is 5.11 Å². The molecule has 3 heteroatoms. The van der Waals surface area contributed by atoms with Crippen LogP contribution in [-0.4, -0.2) is 10.1 Å². The molecule has 1 heterocycles. The van der Waals surface area contributed by atoms with Crippen molar-refractivity contribution in [1.82, 2.24) is 4.98 Å². The maximum atomic E-state index is 9.00. The molecule has 0 amide bonds. The summed E-state index contributed by atoms with van der Waals surface area (Å²) in [7, 11) is 0. The molecule has 1 aliphatic rings. The van der Waals surface area contributed by atoms with Crippen LogP contribution in [-0.2, 0) is 18.4 Å². The number of fused-ring (bicyclic) bond motifs is 1. The van der Waals surface area contributed by atoms with E-state index in [1.807, 2.05) is 0 Å². The molecular formula is C10H15NOS. The molecule has 0 bridgehead atoms. The smallest absolute Gasteiger partial charge is 0.119 e. The second-order valence-electron chi connectivity index (χ2n) is 4.27. The lowest BCUT2D eigenvalue weighted by atomic mass is 9.79. The van der Waals surface area contributed by atoms with Crippen LogP contribution in [0.2, 0.25) is 0 Å². The highest BCUT2D eigenvalue weighted by molar-refractivity contribution is 7.11. The molecule has 1 aliphatic carbocycles. The standard InChI is InChI=1S/C10H15NOS/c1-10(2)5-3-4-7-9(10)11-8(6-12)13-7/h12H,3-6H2,1-2H3. The molecule has 13 heavy (non-hydrogen) atoms. The topological polar surface area (TPSA) is 33.1 Å². The van der Waals surface area contributed by atoms with E-state index in [9.17, 15) is 0 Å². The molecular weight excluding hydrogens is 182 g/mol. The van der Waals surface area contributed by atoms with Crippen molar-refractivity contribution in [3.63, 3.8) is 0 Å². The van der Waals surface area contributed by atoms with Gasteiger partial charge in [0, 0.05) is 10.3 Å². The predicted octanol–water partition coefficient (Wildman–Crippen LogP) is 2.25. The van der Waals surface area contributed by atoms with Gasteiger partial charge < -0.3 is 5.11 Å². The lowest BCUT2D eigenvalue weighted by Crippen LogP contribution is -2.23. The van der Waals surface area contributed by atoms with Gasteiger partial charge >= 0.3 is 0 Å². The van der Waals surface area contributed by atoms with Gasteiger partial charge in [-0.1, -0.05) is 13.8 Å². The Labute approximate surface area is 82.6 Å². The van der Waals surface area contributed by atoms with Crippen molar-refractivity contribution in [1.29, 1.82) is 0 Å². The van der Waals surface area contributed by atoms with Crippen LogP contribution >= 0.6 is 11.3 Å². The molecule has 0 saturated carbocycles. The fourth-order valence-electron chi connectivity index (χ4n) is 1.98. The first-order valence-corrected chi connectivity index (χ1v) is 5.55. The van der Waals surface area contributed by atoms with Crippen molar-refractivity contribution >= 4 is 11.3 Å². The zero-order chi connectivity index (χ0) is 9.47. The first kappa shape index (κ1) is 9.16. The predicted molar refractivity (Wildman–Crippen MR) is 54.0 cm³/mol. The number of nitrogens with zero attached hydrogens (tertiary/aromatic N) is 1. The second kappa shape index (κ2) is 3.07. The molecule has 0 aliphatic heterocycles. The molecule has 0 unspecified atom stereocenters. The number of aryl methyl sites for hydroxylation is 1. The Hall–Kier alpha value is -0.410. The SMILES string of the molecule is CC1(C)CCCc2sc(CO)nc21. The Bertz CT molecular complexity index is 317. The van der Waals surface area contributed by atoms with Gasteiger partial charge in [0.15, 0.2) is 0 Å². The van der Waals surface area contributed by atoms with E-state index in [0.29, 0.717) is 0 Å². The third-order valence-corrected chi connectivity index (χ3v) is 3.82. The van der Waals surface area contributed by atoms with Crippen molar-refractivity contribution in [3.05, 3.63) is 15.6 Å².